The highest BCUT2D eigenvalue weighted by molar-refractivity contribution is 14.0. The highest BCUT2D eigenvalue weighted by Gasteiger charge is 2.20. The molecule has 0 amide bonds. The summed E-state index contributed by atoms with van der Waals surface area (Å²) in [5.41, 5.74) is 0. The summed E-state index contributed by atoms with van der Waals surface area (Å²) in [5.74, 6) is 2.79. The summed E-state index contributed by atoms with van der Waals surface area (Å²) in [6, 6.07) is 0.553. The van der Waals surface area contributed by atoms with Crippen LogP contribution < -0.4 is 10.6 Å². The molecule has 2 aliphatic rings. The maximum Gasteiger partial charge on any atom is 0.191 e. The Bertz CT molecular complexity index is 396. The Morgan fingerprint density at radius 3 is 2.50 bits per heavy atom. The Morgan fingerprint density at radius 2 is 1.88 bits per heavy atom. The highest BCUT2D eigenvalue weighted by atomic mass is 127. The number of piperazine rings is 1. The van der Waals surface area contributed by atoms with Crippen molar-refractivity contribution in [1.82, 2.24) is 20.4 Å². The van der Waals surface area contributed by atoms with E-state index in [0.29, 0.717) is 6.04 Å². The fourth-order valence-electron chi connectivity index (χ4n) is 4.33. The summed E-state index contributed by atoms with van der Waals surface area (Å²) in [6.07, 6.45) is 6.95. The van der Waals surface area contributed by atoms with Crippen LogP contribution in [-0.2, 0) is 0 Å². The van der Waals surface area contributed by atoms with Gasteiger partial charge in [-0.05, 0) is 38.1 Å². The molecule has 0 aromatic carbocycles. The highest BCUT2D eigenvalue weighted by Crippen LogP contribution is 2.30. The van der Waals surface area contributed by atoms with Crippen molar-refractivity contribution < 1.29 is 0 Å². The molecule has 1 saturated heterocycles. The molecule has 0 spiro atoms. The number of nitrogens with zero attached hydrogens (tertiary/aromatic N) is 3. The summed E-state index contributed by atoms with van der Waals surface area (Å²) in [6.45, 7) is 14.9. The van der Waals surface area contributed by atoms with Gasteiger partial charge >= 0.3 is 0 Å². The third-order valence-corrected chi connectivity index (χ3v) is 6.16. The van der Waals surface area contributed by atoms with Gasteiger partial charge in [0.05, 0.1) is 0 Å². The molecule has 1 aliphatic heterocycles. The smallest absolute Gasteiger partial charge is 0.191 e. The van der Waals surface area contributed by atoms with E-state index in [0.717, 1.165) is 30.9 Å². The first-order valence-electron chi connectivity index (χ1n) is 10.5. The van der Waals surface area contributed by atoms with E-state index in [1.54, 1.807) is 0 Å². The topological polar surface area (TPSA) is 42.9 Å². The average molecular weight is 479 g/mol. The predicted molar refractivity (Wildman–Crippen MR) is 124 cm³/mol. The molecule has 1 heterocycles. The number of halogens is 1. The van der Waals surface area contributed by atoms with Gasteiger partial charge in [0.15, 0.2) is 5.96 Å². The maximum absolute atomic E-state index is 4.40. The lowest BCUT2D eigenvalue weighted by Crippen LogP contribution is -2.53. The first-order valence-corrected chi connectivity index (χ1v) is 10.5. The lowest BCUT2D eigenvalue weighted by Gasteiger charge is -2.37. The first-order chi connectivity index (χ1) is 12.1. The molecule has 0 aromatic rings. The quantitative estimate of drug-likeness (QED) is 0.335. The van der Waals surface area contributed by atoms with Gasteiger partial charge in [0.1, 0.15) is 0 Å². The Hall–Kier alpha value is -0.0800. The second kappa shape index (κ2) is 13.2. The molecule has 2 N–H and O–H groups in total. The van der Waals surface area contributed by atoms with Crippen LogP contribution >= 0.6 is 24.0 Å². The lowest BCUT2D eigenvalue weighted by molar-refractivity contribution is 0.107. The normalized spacial score (nSPS) is 26.8. The third-order valence-electron chi connectivity index (χ3n) is 6.16. The van der Waals surface area contributed by atoms with Crippen molar-refractivity contribution in [3.63, 3.8) is 0 Å². The minimum absolute atomic E-state index is 0. The summed E-state index contributed by atoms with van der Waals surface area (Å²) >= 11 is 0. The predicted octanol–water partition coefficient (Wildman–Crippen LogP) is 3.01. The average Bonchev–Trinajstić information content (AvgIpc) is 2.64. The van der Waals surface area contributed by atoms with Crippen molar-refractivity contribution in [3.05, 3.63) is 0 Å². The van der Waals surface area contributed by atoms with Crippen LogP contribution in [0.1, 0.15) is 52.9 Å². The standard InChI is InChI=1S/C20H41N5.HI/c1-5-24-11-13-25(14-12-24)18(3)16-23-20(21-4)22-10-9-19-8-6-7-17(2)15-19;/h17-19H,5-16H2,1-4H3,(H2,21,22,23);1H. The Morgan fingerprint density at radius 1 is 1.15 bits per heavy atom. The molecule has 3 atom stereocenters. The number of nitrogens with one attached hydrogen (secondary N) is 2. The van der Waals surface area contributed by atoms with Crippen LogP contribution in [0.2, 0.25) is 0 Å². The van der Waals surface area contributed by atoms with Crippen LogP contribution in [0.4, 0.5) is 0 Å². The fourth-order valence-corrected chi connectivity index (χ4v) is 4.33. The second-order valence-corrected chi connectivity index (χ2v) is 8.13. The molecule has 1 saturated carbocycles. The van der Waals surface area contributed by atoms with Gasteiger partial charge in [0.2, 0.25) is 0 Å². The van der Waals surface area contributed by atoms with Crippen molar-refractivity contribution in [3.8, 4) is 0 Å². The molecular formula is C20H42IN5. The largest absolute Gasteiger partial charge is 0.356 e. The molecular weight excluding hydrogens is 437 g/mol. The molecule has 0 aromatic heterocycles. The van der Waals surface area contributed by atoms with Gasteiger partial charge in [0, 0.05) is 52.4 Å². The van der Waals surface area contributed by atoms with E-state index < -0.39 is 0 Å². The first kappa shape index (κ1) is 24.0. The number of hydrogen-bond donors (Lipinski definition) is 2. The zero-order valence-corrected chi connectivity index (χ0v) is 19.8. The van der Waals surface area contributed by atoms with E-state index in [2.05, 4.69) is 46.2 Å². The molecule has 2 rings (SSSR count). The molecule has 0 radical (unpaired) electrons. The van der Waals surface area contributed by atoms with Gasteiger partial charge in [-0.25, -0.2) is 0 Å². The van der Waals surface area contributed by atoms with Gasteiger partial charge in [-0.2, -0.15) is 0 Å². The van der Waals surface area contributed by atoms with Crippen molar-refractivity contribution in [2.45, 2.75) is 58.9 Å². The summed E-state index contributed by atoms with van der Waals surface area (Å²) in [5, 5.41) is 7.04. The summed E-state index contributed by atoms with van der Waals surface area (Å²) < 4.78 is 0. The SMILES string of the molecule is CCN1CCN(C(C)CNC(=NC)NCCC2CCCC(C)C2)CC1.I. The Balaban J connectivity index is 0.00000338. The number of hydrogen-bond acceptors (Lipinski definition) is 3. The van der Waals surface area contributed by atoms with Crippen molar-refractivity contribution in [2.24, 2.45) is 16.8 Å². The molecule has 1 aliphatic carbocycles. The number of aliphatic imine (C=N–C) groups is 1. The van der Waals surface area contributed by atoms with E-state index in [4.69, 9.17) is 0 Å². The zero-order chi connectivity index (χ0) is 18.1. The monoisotopic (exact) mass is 479 g/mol. The van der Waals surface area contributed by atoms with Crippen LogP contribution in [0, 0.1) is 11.8 Å². The molecule has 154 valence electrons. The van der Waals surface area contributed by atoms with E-state index in [9.17, 15) is 0 Å². The Kier molecular flexibility index (Phi) is 12.1. The van der Waals surface area contributed by atoms with Crippen molar-refractivity contribution in [1.29, 1.82) is 0 Å². The van der Waals surface area contributed by atoms with Gasteiger partial charge < -0.3 is 15.5 Å². The number of guanidine groups is 1. The van der Waals surface area contributed by atoms with Crippen LogP contribution in [0.25, 0.3) is 0 Å². The van der Waals surface area contributed by atoms with E-state index >= 15 is 0 Å². The van der Waals surface area contributed by atoms with Crippen LogP contribution in [0.15, 0.2) is 4.99 Å². The van der Waals surface area contributed by atoms with Crippen molar-refractivity contribution in [2.75, 3.05) is 52.9 Å². The lowest BCUT2D eigenvalue weighted by atomic mass is 9.81. The van der Waals surface area contributed by atoms with Crippen molar-refractivity contribution >= 4 is 29.9 Å². The molecule has 2 fully saturated rings. The maximum atomic E-state index is 4.40. The van der Waals surface area contributed by atoms with Gasteiger partial charge in [0.25, 0.3) is 0 Å². The zero-order valence-electron chi connectivity index (χ0n) is 17.5. The van der Waals surface area contributed by atoms with E-state index in [1.165, 1.54) is 64.8 Å². The molecule has 0 bridgehead atoms. The fraction of sp³-hybridized carbons (Fsp3) is 0.950. The molecule has 3 unspecified atom stereocenters. The number of rotatable bonds is 7. The third kappa shape index (κ3) is 8.30. The van der Waals surface area contributed by atoms with Gasteiger partial charge in [-0.1, -0.05) is 33.1 Å². The van der Waals surface area contributed by atoms with Crippen LogP contribution in [0.3, 0.4) is 0 Å². The summed E-state index contributed by atoms with van der Waals surface area (Å²) in [4.78, 5) is 9.52. The second-order valence-electron chi connectivity index (χ2n) is 8.13. The number of likely N-dealkylation sites (N-methyl/N-ethyl adjacent to an activating group) is 1. The minimum atomic E-state index is 0. The van der Waals surface area contributed by atoms with Gasteiger partial charge in [-0.15, -0.1) is 24.0 Å². The Labute approximate surface area is 178 Å². The van der Waals surface area contributed by atoms with Crippen LogP contribution in [0.5, 0.6) is 0 Å². The summed E-state index contributed by atoms with van der Waals surface area (Å²) in [7, 11) is 1.88. The van der Waals surface area contributed by atoms with Crippen LogP contribution in [-0.4, -0.2) is 74.7 Å². The minimum Gasteiger partial charge on any atom is -0.356 e. The van der Waals surface area contributed by atoms with Gasteiger partial charge in [-0.3, -0.25) is 9.89 Å². The molecule has 5 nitrogen and oxygen atoms in total. The molecule has 6 heteroatoms. The van der Waals surface area contributed by atoms with E-state index in [-0.39, 0.29) is 24.0 Å². The van der Waals surface area contributed by atoms with E-state index in [1.807, 2.05) is 7.05 Å². The molecule has 26 heavy (non-hydrogen) atoms.